The molecule has 6 rings (SSSR count). The van der Waals surface area contributed by atoms with Gasteiger partial charge in [-0.25, -0.2) is 0 Å². The highest BCUT2D eigenvalue weighted by atomic mass is 14.0. The molecule has 6 aromatic carbocycles. The van der Waals surface area contributed by atoms with Crippen molar-refractivity contribution in [3.8, 4) is 71.0 Å². The predicted octanol–water partition coefficient (Wildman–Crippen LogP) is 17.5. The maximum Gasteiger partial charge on any atom is 0.0249 e. The van der Waals surface area contributed by atoms with Crippen LogP contribution in [0.2, 0.25) is 0 Å². The normalized spacial score (nSPS) is 7.73. The van der Waals surface area contributed by atoms with Crippen LogP contribution in [0.3, 0.4) is 0 Å². The topological polar surface area (TPSA) is 0 Å². The molecule has 0 aliphatic heterocycles. The summed E-state index contributed by atoms with van der Waals surface area (Å²) >= 11 is 0. The van der Waals surface area contributed by atoms with Gasteiger partial charge in [-0.1, -0.05) is 189 Å². The van der Waals surface area contributed by atoms with E-state index in [0.717, 1.165) is 50.1 Å². The van der Waals surface area contributed by atoms with Crippen molar-refractivity contribution in [3.05, 3.63) is 212 Å². The lowest BCUT2D eigenvalue weighted by Gasteiger charge is -1.94. The zero-order valence-corrected chi connectivity index (χ0v) is 43.9. The van der Waals surface area contributed by atoms with Crippen LogP contribution in [0.1, 0.15) is 171 Å². The van der Waals surface area contributed by atoms with Gasteiger partial charge in [0.25, 0.3) is 0 Å². The van der Waals surface area contributed by atoms with E-state index in [0.29, 0.717) is 0 Å². The molecule has 0 aromatic heterocycles. The van der Waals surface area contributed by atoms with Gasteiger partial charge >= 0.3 is 0 Å². The molecule has 0 nitrogen and oxygen atoms in total. The predicted molar refractivity (Wildman–Crippen MR) is 297 cm³/mol. The van der Waals surface area contributed by atoms with E-state index in [9.17, 15) is 0 Å². The Hall–Kier alpha value is -7.32. The summed E-state index contributed by atoms with van der Waals surface area (Å²) in [7, 11) is 0. The van der Waals surface area contributed by atoms with Gasteiger partial charge in [0.1, 0.15) is 0 Å². The number of hydrogen-bond donors (Lipinski definition) is 0. The van der Waals surface area contributed by atoms with Gasteiger partial charge < -0.3 is 0 Å². The second kappa shape index (κ2) is 44.3. The molecule has 0 saturated heterocycles. The second-order valence-electron chi connectivity index (χ2n) is 12.2. The number of benzene rings is 6. The molecule has 0 heteroatoms. The second-order valence-corrected chi connectivity index (χ2v) is 12.2. The Bertz CT molecular complexity index is 2340. The lowest BCUT2D eigenvalue weighted by Crippen LogP contribution is -1.80. The molecule has 0 N–H and O–H groups in total. The molecule has 0 atom stereocenters. The molecule has 0 radical (unpaired) electrons. The maximum absolute atomic E-state index is 3.19. The van der Waals surface area contributed by atoms with Crippen molar-refractivity contribution in [2.45, 2.75) is 125 Å². The first-order valence-corrected chi connectivity index (χ1v) is 23.7. The van der Waals surface area contributed by atoms with Crippen LogP contribution < -0.4 is 0 Å². The number of rotatable bonds is 0. The fourth-order valence-electron chi connectivity index (χ4n) is 4.69. The van der Waals surface area contributed by atoms with Crippen LogP contribution in [-0.4, -0.2) is 0 Å². The Morgan fingerprint density at radius 2 is 0.288 bits per heavy atom. The van der Waals surface area contributed by atoms with E-state index in [1.54, 1.807) is 0 Å². The summed E-state index contributed by atoms with van der Waals surface area (Å²) in [4.78, 5) is 0. The first-order chi connectivity index (χ1) is 32.3. The van der Waals surface area contributed by atoms with Gasteiger partial charge in [-0.05, 0) is 151 Å². The Labute approximate surface area is 406 Å². The molecule has 0 heterocycles. The quantitative estimate of drug-likeness (QED) is 0.133. The lowest BCUT2D eigenvalue weighted by atomic mass is 10.1. The molecule has 6 aromatic rings. The summed E-state index contributed by atoms with van der Waals surface area (Å²) in [6, 6.07) is 48.7. The van der Waals surface area contributed by atoms with Gasteiger partial charge in [-0.2, -0.15) is 0 Å². The first kappa shape index (κ1) is 63.0. The fraction of sp³-hybridized carbons (Fsp3) is 0.273. The fourth-order valence-corrected chi connectivity index (χ4v) is 4.69. The molecule has 66 heavy (non-hydrogen) atoms. The number of aryl methyl sites for hydroxylation is 3. The molecule has 0 amide bonds. The van der Waals surface area contributed by atoms with Gasteiger partial charge in [-0.15, -0.1) is 17.8 Å². The van der Waals surface area contributed by atoms with E-state index in [1.807, 2.05) is 213 Å². The molecular formula is C66H78. The van der Waals surface area contributed by atoms with Crippen molar-refractivity contribution in [2.75, 3.05) is 0 Å². The molecule has 0 aliphatic carbocycles. The third kappa shape index (κ3) is 29.9. The molecule has 0 spiro atoms. The minimum atomic E-state index is 0.990. The minimum Gasteiger partial charge on any atom is -0.101 e. The summed E-state index contributed by atoms with van der Waals surface area (Å²) in [6.45, 7) is 35.7. The van der Waals surface area contributed by atoms with E-state index >= 15 is 0 Å². The van der Waals surface area contributed by atoms with Crippen molar-refractivity contribution in [3.63, 3.8) is 0 Å². The van der Waals surface area contributed by atoms with E-state index in [2.05, 4.69) is 128 Å². The molecule has 0 aliphatic rings. The van der Waals surface area contributed by atoms with Gasteiger partial charge in [0.2, 0.25) is 0 Å². The largest absolute Gasteiger partial charge is 0.101 e. The smallest absolute Gasteiger partial charge is 0.0249 e. The zero-order valence-electron chi connectivity index (χ0n) is 43.9. The van der Waals surface area contributed by atoms with Crippen LogP contribution in [0.25, 0.3) is 0 Å². The molecule has 0 fully saturated rings. The van der Waals surface area contributed by atoms with Crippen LogP contribution in [0.4, 0.5) is 0 Å². The standard InChI is InChI=1S/C24H18.C20H14.C10H10.6C2H6/c1-19-3-7-21(8-4-19)11-13-23-15-17-24(18-16-23)14-12-22-9-5-20(2)6-10-22;1-3-5-17-7-11-19(12-8-17)15-16-20-13-9-18(6-4-2)10-14-20;1-3-4-10-7-5-9(2)6-8-10;6*1-2/h3-10,15-18H,1-2H3;7-14H,1-2H3;5-8H,1-2H3;6*1-2H3. The summed E-state index contributed by atoms with van der Waals surface area (Å²) in [5.41, 5.74) is 12.9. The monoisotopic (exact) mass is 871 g/mol. The van der Waals surface area contributed by atoms with Crippen molar-refractivity contribution in [1.82, 2.24) is 0 Å². The third-order valence-electron chi connectivity index (χ3n) is 7.67. The van der Waals surface area contributed by atoms with Crippen LogP contribution in [0, 0.1) is 91.8 Å². The van der Waals surface area contributed by atoms with Crippen molar-refractivity contribution in [2.24, 2.45) is 0 Å². The maximum atomic E-state index is 3.19. The summed E-state index contributed by atoms with van der Waals surface area (Å²) < 4.78 is 0. The van der Waals surface area contributed by atoms with Crippen LogP contribution in [0.15, 0.2) is 146 Å². The summed E-state index contributed by atoms with van der Waals surface area (Å²) in [6.07, 6.45) is 0. The third-order valence-corrected chi connectivity index (χ3v) is 7.67. The van der Waals surface area contributed by atoms with Crippen molar-refractivity contribution >= 4 is 0 Å². The van der Waals surface area contributed by atoms with Crippen LogP contribution in [0.5, 0.6) is 0 Å². The first-order valence-electron chi connectivity index (χ1n) is 23.7. The van der Waals surface area contributed by atoms with Crippen LogP contribution in [-0.2, 0) is 0 Å². The highest BCUT2D eigenvalue weighted by Gasteiger charge is 1.93. The van der Waals surface area contributed by atoms with Crippen molar-refractivity contribution in [1.29, 1.82) is 0 Å². The lowest BCUT2D eigenvalue weighted by molar-refractivity contribution is 1.46. The molecule has 0 saturated carbocycles. The summed E-state index contributed by atoms with van der Waals surface area (Å²) in [5, 5.41) is 0. The molecule has 0 unspecified atom stereocenters. The van der Waals surface area contributed by atoms with Gasteiger partial charge in [0.05, 0.1) is 0 Å². The minimum absolute atomic E-state index is 0.990. The molecule has 342 valence electrons. The Kier molecular flexibility index (Phi) is 42.3. The van der Waals surface area contributed by atoms with E-state index < -0.39 is 0 Å². The van der Waals surface area contributed by atoms with Crippen LogP contribution >= 0.6 is 0 Å². The van der Waals surface area contributed by atoms with E-state index in [4.69, 9.17) is 0 Å². The summed E-state index contributed by atoms with van der Waals surface area (Å²) in [5.74, 6) is 36.7. The average Bonchev–Trinajstić information content (AvgIpc) is 3.39. The molecule has 0 bridgehead atoms. The zero-order chi connectivity index (χ0) is 50.4. The SMILES string of the molecule is CC.CC.CC.CC.CC.CC.CC#Cc1ccc(C#Cc2ccc(C#CC)cc2)cc1.CC#Cc1ccc(C)cc1.Cc1ccc(C#Cc2ccc(C#Cc3ccc(C)cc3)cc2)cc1. The van der Waals surface area contributed by atoms with E-state index in [-0.39, 0.29) is 0 Å². The van der Waals surface area contributed by atoms with Gasteiger partial charge in [0, 0.05) is 50.1 Å². The Balaban J connectivity index is -0.000000849. The number of hydrogen-bond acceptors (Lipinski definition) is 0. The Morgan fingerprint density at radius 3 is 0.409 bits per heavy atom. The van der Waals surface area contributed by atoms with E-state index in [1.165, 1.54) is 16.7 Å². The van der Waals surface area contributed by atoms with Crippen molar-refractivity contribution < 1.29 is 0 Å². The van der Waals surface area contributed by atoms with Gasteiger partial charge in [0.15, 0.2) is 0 Å². The highest BCUT2D eigenvalue weighted by molar-refractivity contribution is 5.49. The van der Waals surface area contributed by atoms with Gasteiger partial charge in [-0.3, -0.25) is 0 Å². The highest BCUT2D eigenvalue weighted by Crippen LogP contribution is 2.07. The Morgan fingerprint density at radius 1 is 0.182 bits per heavy atom. The average molecular weight is 871 g/mol. The molecular weight excluding hydrogens is 793 g/mol.